The Balaban J connectivity index is 2.55. The molecule has 0 aliphatic heterocycles. The first kappa shape index (κ1) is 15.2. The summed E-state index contributed by atoms with van der Waals surface area (Å²) in [7, 11) is 0. The summed E-state index contributed by atoms with van der Waals surface area (Å²) >= 11 is 0. The average Bonchev–Trinajstić information content (AvgIpc) is 2.26. The van der Waals surface area contributed by atoms with Gasteiger partial charge in [-0.1, -0.05) is 44.2 Å². The Morgan fingerprint density at radius 3 is 2.06 bits per heavy atom. The largest absolute Gasteiger partial charge is 0.233 e. The van der Waals surface area contributed by atoms with Crippen molar-refractivity contribution in [3.63, 3.8) is 0 Å². The van der Waals surface area contributed by atoms with E-state index in [1.807, 2.05) is 26.8 Å². The normalized spacial score (nSPS) is 14.6. The average molecular weight is 250 g/mol. The van der Waals surface area contributed by atoms with Crippen molar-refractivity contribution >= 4 is 0 Å². The standard InChI is InChI=1S/C16H26O2/c1-13(17-18-15(2,3)4)12-16(5,6)14-10-8-7-9-11-14/h7-11,13H,12H2,1-6H3. The van der Waals surface area contributed by atoms with E-state index in [1.54, 1.807) is 0 Å². The lowest BCUT2D eigenvalue weighted by molar-refractivity contribution is -0.372. The third kappa shape index (κ3) is 5.19. The molecule has 0 heterocycles. The van der Waals surface area contributed by atoms with E-state index in [2.05, 4.69) is 45.0 Å². The molecule has 0 aromatic heterocycles. The minimum Gasteiger partial charge on any atom is -0.233 e. The smallest absolute Gasteiger partial charge is 0.0952 e. The van der Waals surface area contributed by atoms with Crippen LogP contribution < -0.4 is 0 Å². The van der Waals surface area contributed by atoms with Crippen molar-refractivity contribution in [2.45, 2.75) is 65.1 Å². The second kappa shape index (κ2) is 5.85. The van der Waals surface area contributed by atoms with Crippen LogP contribution >= 0.6 is 0 Å². The van der Waals surface area contributed by atoms with Crippen LogP contribution in [0.15, 0.2) is 30.3 Å². The Bertz CT molecular complexity index is 349. The summed E-state index contributed by atoms with van der Waals surface area (Å²) in [6, 6.07) is 10.5. The minimum atomic E-state index is -0.259. The van der Waals surface area contributed by atoms with Gasteiger partial charge in [-0.2, -0.15) is 0 Å². The fourth-order valence-corrected chi connectivity index (χ4v) is 1.99. The summed E-state index contributed by atoms with van der Waals surface area (Å²) in [6.07, 6.45) is 0.993. The predicted octanol–water partition coefficient (Wildman–Crippen LogP) is 4.49. The zero-order valence-corrected chi connectivity index (χ0v) is 12.5. The third-order valence-corrected chi connectivity index (χ3v) is 2.82. The van der Waals surface area contributed by atoms with Gasteiger partial charge >= 0.3 is 0 Å². The summed E-state index contributed by atoms with van der Waals surface area (Å²) in [5.41, 5.74) is 1.16. The SMILES string of the molecule is CC(CC(C)(C)c1ccccc1)OOC(C)(C)C. The van der Waals surface area contributed by atoms with Gasteiger partial charge in [0.15, 0.2) is 0 Å². The van der Waals surface area contributed by atoms with Gasteiger partial charge < -0.3 is 0 Å². The molecule has 18 heavy (non-hydrogen) atoms. The van der Waals surface area contributed by atoms with E-state index in [0.29, 0.717) is 0 Å². The highest BCUT2D eigenvalue weighted by molar-refractivity contribution is 5.23. The van der Waals surface area contributed by atoms with Gasteiger partial charge in [0.1, 0.15) is 0 Å². The van der Waals surface area contributed by atoms with E-state index in [4.69, 9.17) is 9.78 Å². The fourth-order valence-electron chi connectivity index (χ4n) is 1.99. The van der Waals surface area contributed by atoms with Gasteiger partial charge in [0.05, 0.1) is 11.7 Å². The first-order chi connectivity index (χ1) is 8.21. The molecule has 0 spiro atoms. The molecule has 0 amide bonds. The Morgan fingerprint density at radius 1 is 1.00 bits per heavy atom. The highest BCUT2D eigenvalue weighted by Gasteiger charge is 2.25. The lowest BCUT2D eigenvalue weighted by Crippen LogP contribution is -2.28. The second-order valence-corrected chi connectivity index (χ2v) is 6.56. The molecule has 1 aromatic carbocycles. The molecule has 0 N–H and O–H groups in total. The Morgan fingerprint density at radius 2 is 1.56 bits per heavy atom. The molecule has 0 fully saturated rings. The summed E-state index contributed by atoms with van der Waals surface area (Å²) in [5, 5.41) is 0. The highest BCUT2D eigenvalue weighted by atomic mass is 17.2. The summed E-state index contributed by atoms with van der Waals surface area (Å²) in [5.74, 6) is 0. The van der Waals surface area contributed by atoms with Crippen LogP contribution in [0, 0.1) is 0 Å². The zero-order valence-electron chi connectivity index (χ0n) is 12.5. The van der Waals surface area contributed by atoms with Crippen LogP contribution in [0.25, 0.3) is 0 Å². The first-order valence-corrected chi connectivity index (χ1v) is 6.61. The molecule has 0 bridgehead atoms. The van der Waals surface area contributed by atoms with Crippen LogP contribution in [0.2, 0.25) is 0 Å². The Labute approximate surface area is 111 Å². The van der Waals surface area contributed by atoms with Gasteiger partial charge in [0.2, 0.25) is 0 Å². The van der Waals surface area contributed by atoms with Crippen LogP contribution in [0.4, 0.5) is 0 Å². The van der Waals surface area contributed by atoms with Gasteiger partial charge in [-0.3, -0.25) is 0 Å². The van der Waals surface area contributed by atoms with Gasteiger partial charge in [-0.05, 0) is 45.1 Å². The van der Waals surface area contributed by atoms with E-state index < -0.39 is 0 Å². The Kier molecular flexibility index (Phi) is 4.94. The fraction of sp³-hybridized carbons (Fsp3) is 0.625. The van der Waals surface area contributed by atoms with Crippen molar-refractivity contribution in [3.8, 4) is 0 Å². The Hall–Kier alpha value is -0.860. The van der Waals surface area contributed by atoms with Crippen molar-refractivity contribution < 1.29 is 9.78 Å². The van der Waals surface area contributed by atoms with Gasteiger partial charge in [0, 0.05) is 0 Å². The number of hydrogen-bond donors (Lipinski definition) is 0. The predicted molar refractivity (Wildman–Crippen MR) is 75.5 cm³/mol. The summed E-state index contributed by atoms with van der Waals surface area (Å²) in [6.45, 7) is 12.5. The minimum absolute atomic E-state index is 0.0689. The summed E-state index contributed by atoms with van der Waals surface area (Å²) < 4.78 is 0. The van der Waals surface area contributed by atoms with E-state index in [0.717, 1.165) is 6.42 Å². The van der Waals surface area contributed by atoms with Crippen LogP contribution in [-0.4, -0.2) is 11.7 Å². The summed E-state index contributed by atoms with van der Waals surface area (Å²) in [4.78, 5) is 10.8. The number of rotatable bonds is 5. The molecule has 1 rings (SSSR count). The van der Waals surface area contributed by atoms with E-state index in [-0.39, 0.29) is 17.1 Å². The molecule has 0 saturated heterocycles. The van der Waals surface area contributed by atoms with Crippen molar-refractivity contribution in [3.05, 3.63) is 35.9 Å². The highest BCUT2D eigenvalue weighted by Crippen LogP contribution is 2.29. The van der Waals surface area contributed by atoms with E-state index >= 15 is 0 Å². The maximum atomic E-state index is 5.46. The van der Waals surface area contributed by atoms with Gasteiger partial charge in [0.25, 0.3) is 0 Å². The van der Waals surface area contributed by atoms with Crippen LogP contribution in [0.1, 0.15) is 53.5 Å². The molecular weight excluding hydrogens is 224 g/mol. The molecule has 1 unspecified atom stereocenters. The third-order valence-electron chi connectivity index (χ3n) is 2.82. The quantitative estimate of drug-likeness (QED) is 0.566. The first-order valence-electron chi connectivity index (χ1n) is 6.61. The van der Waals surface area contributed by atoms with E-state index in [1.165, 1.54) is 5.56 Å². The maximum Gasteiger partial charge on any atom is 0.0952 e. The van der Waals surface area contributed by atoms with Crippen molar-refractivity contribution in [2.75, 3.05) is 0 Å². The van der Waals surface area contributed by atoms with Crippen molar-refractivity contribution in [1.29, 1.82) is 0 Å². The number of benzene rings is 1. The molecule has 0 aliphatic rings. The van der Waals surface area contributed by atoms with Crippen LogP contribution in [0.3, 0.4) is 0 Å². The molecule has 0 saturated carbocycles. The zero-order chi connectivity index (χ0) is 13.8. The molecule has 1 atom stereocenters. The maximum absolute atomic E-state index is 5.46. The van der Waals surface area contributed by atoms with Crippen LogP contribution in [-0.2, 0) is 15.2 Å². The van der Waals surface area contributed by atoms with Gasteiger partial charge in [-0.15, -0.1) is 0 Å². The lowest BCUT2D eigenvalue weighted by Gasteiger charge is -2.29. The molecule has 102 valence electrons. The molecule has 0 aliphatic carbocycles. The molecule has 0 radical (unpaired) electrons. The second-order valence-electron chi connectivity index (χ2n) is 6.56. The van der Waals surface area contributed by atoms with Crippen molar-refractivity contribution in [1.82, 2.24) is 0 Å². The van der Waals surface area contributed by atoms with E-state index in [9.17, 15) is 0 Å². The molecule has 2 nitrogen and oxygen atoms in total. The molecule has 2 heteroatoms. The van der Waals surface area contributed by atoms with Gasteiger partial charge in [-0.25, -0.2) is 9.78 Å². The molecular formula is C16H26O2. The topological polar surface area (TPSA) is 18.5 Å². The van der Waals surface area contributed by atoms with Crippen molar-refractivity contribution in [2.24, 2.45) is 0 Å². The molecule has 1 aromatic rings. The number of hydrogen-bond acceptors (Lipinski definition) is 2. The lowest BCUT2D eigenvalue weighted by atomic mass is 9.80. The van der Waals surface area contributed by atoms with Crippen LogP contribution in [0.5, 0.6) is 0 Å². The monoisotopic (exact) mass is 250 g/mol.